The molecule has 0 bridgehead atoms. The zero-order valence-electron chi connectivity index (χ0n) is 5.09. The summed E-state index contributed by atoms with van der Waals surface area (Å²) in [5.41, 5.74) is -0.519. The van der Waals surface area contributed by atoms with E-state index in [-0.39, 0.29) is 0 Å². The van der Waals surface area contributed by atoms with E-state index in [0.29, 0.717) is 6.61 Å². The lowest BCUT2D eigenvalue weighted by Gasteiger charge is -2.17. The lowest BCUT2D eigenvalue weighted by molar-refractivity contribution is 0.0964. The predicted molar refractivity (Wildman–Crippen MR) is 40.5 cm³/mol. The van der Waals surface area contributed by atoms with Gasteiger partial charge in [0, 0.05) is 11.9 Å². The minimum Gasteiger partial charge on any atom is -0.351 e. The Kier molecular flexibility index (Phi) is 1.95. The molecule has 1 atom stereocenters. The van der Waals surface area contributed by atoms with Gasteiger partial charge >= 0.3 is 0 Å². The standard InChI is InChI=1S/C6H9NOS/c1-2-6(5-9)7-3-4-8-6/h2,5,7H,1,3-4H2. The Hall–Kier alpha value is -0.250. The molecule has 1 aliphatic heterocycles. The molecular weight excluding hydrogens is 134 g/mol. The molecule has 1 rings (SSSR count). The molecule has 0 spiro atoms. The minimum absolute atomic E-state index is 0.519. The zero-order valence-corrected chi connectivity index (χ0v) is 5.91. The van der Waals surface area contributed by atoms with Crippen LogP contribution in [0.1, 0.15) is 0 Å². The first-order valence-corrected chi connectivity index (χ1v) is 3.29. The Morgan fingerprint density at radius 3 is 2.78 bits per heavy atom. The summed E-state index contributed by atoms with van der Waals surface area (Å²) >= 11 is 4.74. The summed E-state index contributed by atoms with van der Waals surface area (Å²) in [6.07, 6.45) is 1.67. The molecule has 50 valence electrons. The maximum Gasteiger partial charge on any atom is 0.167 e. The number of rotatable bonds is 2. The van der Waals surface area contributed by atoms with Crippen LogP contribution < -0.4 is 5.32 Å². The van der Waals surface area contributed by atoms with Crippen molar-refractivity contribution < 1.29 is 4.74 Å². The first-order valence-electron chi connectivity index (χ1n) is 2.82. The van der Waals surface area contributed by atoms with E-state index in [1.54, 1.807) is 11.4 Å². The summed E-state index contributed by atoms with van der Waals surface area (Å²) in [7, 11) is 0. The fourth-order valence-electron chi connectivity index (χ4n) is 0.772. The summed E-state index contributed by atoms with van der Waals surface area (Å²) in [5.74, 6) is 0. The second-order valence-corrected chi connectivity index (χ2v) is 2.13. The van der Waals surface area contributed by atoms with E-state index >= 15 is 0 Å². The molecule has 1 N–H and O–H groups in total. The van der Waals surface area contributed by atoms with Gasteiger partial charge in [-0.2, -0.15) is 0 Å². The third-order valence-corrected chi connectivity index (χ3v) is 1.67. The van der Waals surface area contributed by atoms with Crippen LogP contribution in [0.2, 0.25) is 0 Å². The third kappa shape index (κ3) is 1.18. The molecule has 3 heteroatoms. The van der Waals surface area contributed by atoms with Crippen LogP contribution >= 0.6 is 12.2 Å². The quantitative estimate of drug-likeness (QED) is 0.449. The molecule has 0 aromatic rings. The van der Waals surface area contributed by atoms with Crippen molar-refractivity contribution in [2.24, 2.45) is 0 Å². The van der Waals surface area contributed by atoms with Gasteiger partial charge in [-0.1, -0.05) is 18.8 Å². The van der Waals surface area contributed by atoms with Crippen LogP contribution in [0.3, 0.4) is 0 Å². The topological polar surface area (TPSA) is 21.3 Å². The molecule has 0 aliphatic carbocycles. The van der Waals surface area contributed by atoms with Gasteiger partial charge in [-0.05, 0) is 6.08 Å². The van der Waals surface area contributed by atoms with Gasteiger partial charge in [0.25, 0.3) is 0 Å². The molecule has 1 fully saturated rings. The Morgan fingerprint density at radius 1 is 1.78 bits per heavy atom. The second kappa shape index (κ2) is 2.56. The average Bonchev–Trinajstić information content (AvgIpc) is 2.36. The van der Waals surface area contributed by atoms with E-state index in [1.165, 1.54) is 0 Å². The highest BCUT2D eigenvalue weighted by Gasteiger charge is 2.27. The smallest absolute Gasteiger partial charge is 0.167 e. The summed E-state index contributed by atoms with van der Waals surface area (Å²) in [6, 6.07) is 0. The van der Waals surface area contributed by atoms with Crippen LogP contribution in [0.5, 0.6) is 0 Å². The number of thiocarbonyl (C=S) groups is 1. The molecule has 1 saturated heterocycles. The van der Waals surface area contributed by atoms with E-state index in [1.807, 2.05) is 0 Å². The van der Waals surface area contributed by atoms with Gasteiger partial charge in [0.2, 0.25) is 0 Å². The van der Waals surface area contributed by atoms with Crippen LogP contribution in [-0.2, 0) is 4.74 Å². The van der Waals surface area contributed by atoms with Crippen molar-refractivity contribution in [3.8, 4) is 0 Å². The molecule has 0 amide bonds. The molecule has 9 heavy (non-hydrogen) atoms. The summed E-state index contributed by atoms with van der Waals surface area (Å²) < 4.78 is 5.25. The van der Waals surface area contributed by atoms with E-state index < -0.39 is 5.72 Å². The molecule has 0 radical (unpaired) electrons. The third-order valence-electron chi connectivity index (χ3n) is 1.32. The van der Waals surface area contributed by atoms with E-state index in [4.69, 9.17) is 17.0 Å². The maximum absolute atomic E-state index is 5.25. The average molecular weight is 143 g/mol. The highest BCUT2D eigenvalue weighted by atomic mass is 32.1. The Bertz CT molecular complexity index is 119. The van der Waals surface area contributed by atoms with Crippen LogP contribution in [0.15, 0.2) is 12.7 Å². The molecule has 0 aromatic heterocycles. The Labute approximate surface area is 59.9 Å². The number of nitrogens with one attached hydrogen (secondary N) is 1. The first kappa shape index (κ1) is 6.86. The fourth-order valence-corrected chi connectivity index (χ4v) is 1.02. The summed E-state index contributed by atoms with van der Waals surface area (Å²) in [5, 5.41) is 4.62. The van der Waals surface area contributed by atoms with Crippen LogP contribution in [0, 0.1) is 0 Å². The van der Waals surface area contributed by atoms with Crippen molar-refractivity contribution in [3.63, 3.8) is 0 Å². The van der Waals surface area contributed by atoms with E-state index in [9.17, 15) is 0 Å². The minimum atomic E-state index is -0.519. The summed E-state index contributed by atoms with van der Waals surface area (Å²) in [4.78, 5) is 0. The maximum atomic E-state index is 5.25. The molecular formula is C6H9NOS. The van der Waals surface area contributed by atoms with Crippen LogP contribution in [0.4, 0.5) is 0 Å². The van der Waals surface area contributed by atoms with Gasteiger partial charge in [-0.25, -0.2) is 0 Å². The molecule has 0 saturated carbocycles. The van der Waals surface area contributed by atoms with E-state index in [0.717, 1.165) is 6.54 Å². The van der Waals surface area contributed by atoms with Gasteiger partial charge < -0.3 is 4.74 Å². The first-order chi connectivity index (χ1) is 4.33. The van der Waals surface area contributed by atoms with Gasteiger partial charge in [0.15, 0.2) is 5.72 Å². The van der Waals surface area contributed by atoms with Crippen molar-refractivity contribution in [3.05, 3.63) is 12.7 Å². The van der Waals surface area contributed by atoms with Gasteiger partial charge in [0.05, 0.1) is 6.61 Å². The van der Waals surface area contributed by atoms with Gasteiger partial charge in [-0.3, -0.25) is 5.32 Å². The number of hydrogen-bond acceptors (Lipinski definition) is 3. The molecule has 1 unspecified atom stereocenters. The van der Waals surface area contributed by atoms with Gasteiger partial charge in [-0.15, -0.1) is 0 Å². The van der Waals surface area contributed by atoms with Crippen molar-refractivity contribution in [2.75, 3.05) is 13.2 Å². The largest absolute Gasteiger partial charge is 0.351 e. The van der Waals surface area contributed by atoms with Crippen LogP contribution in [-0.4, -0.2) is 24.2 Å². The molecule has 0 aromatic carbocycles. The lowest BCUT2D eigenvalue weighted by atomic mass is 10.3. The number of ether oxygens (including phenoxy) is 1. The van der Waals surface area contributed by atoms with Crippen molar-refractivity contribution in [2.45, 2.75) is 5.72 Å². The SMILES string of the molecule is C=CC1(C=S)NCCO1. The fraction of sp³-hybridized carbons (Fsp3) is 0.500. The van der Waals surface area contributed by atoms with E-state index in [2.05, 4.69) is 11.9 Å². The Balaban J connectivity index is 2.66. The monoisotopic (exact) mass is 143 g/mol. The van der Waals surface area contributed by atoms with Crippen LogP contribution in [0.25, 0.3) is 0 Å². The van der Waals surface area contributed by atoms with Crippen molar-refractivity contribution in [1.82, 2.24) is 5.32 Å². The second-order valence-electron chi connectivity index (χ2n) is 1.89. The lowest BCUT2D eigenvalue weighted by Crippen LogP contribution is -2.39. The normalized spacial score (nSPS) is 34.2. The number of hydrogen-bond donors (Lipinski definition) is 1. The zero-order chi connectivity index (χ0) is 6.74. The van der Waals surface area contributed by atoms with Gasteiger partial charge in [0.1, 0.15) is 0 Å². The molecule has 2 nitrogen and oxygen atoms in total. The highest BCUT2D eigenvalue weighted by Crippen LogP contribution is 2.09. The highest BCUT2D eigenvalue weighted by molar-refractivity contribution is 7.79. The van der Waals surface area contributed by atoms with Crippen molar-refractivity contribution in [1.29, 1.82) is 0 Å². The Morgan fingerprint density at radius 2 is 2.56 bits per heavy atom. The molecule has 1 aliphatic rings. The predicted octanol–water partition coefficient (Wildman–Crippen LogP) is 0.488. The molecule has 1 heterocycles. The van der Waals surface area contributed by atoms with Crippen molar-refractivity contribution >= 4 is 17.6 Å². The summed E-state index contributed by atoms with van der Waals surface area (Å²) in [6.45, 7) is 5.15.